The molecule has 0 bridgehead atoms. The first-order chi connectivity index (χ1) is 4.41. The molecule has 0 amide bonds. The average Bonchev–Trinajstić information content (AvgIpc) is 1.89. The van der Waals surface area contributed by atoms with Crippen molar-refractivity contribution in [2.45, 2.75) is 26.2 Å². The topological polar surface area (TPSA) is 9.23 Å². The molecule has 0 atom stereocenters. The molecular weight excluding hydrogens is 112 g/mol. The summed E-state index contributed by atoms with van der Waals surface area (Å²) in [4.78, 5) is 0. The van der Waals surface area contributed by atoms with Gasteiger partial charge in [0.15, 0.2) is 0 Å². The van der Waals surface area contributed by atoms with Crippen molar-refractivity contribution in [3.05, 3.63) is 19.3 Å². The molecule has 0 aliphatic heterocycles. The van der Waals surface area contributed by atoms with Gasteiger partial charge in [-0.3, -0.25) is 0 Å². The molecule has 0 heterocycles. The Hall–Kier alpha value is -0.300. The van der Waals surface area contributed by atoms with Gasteiger partial charge >= 0.3 is 0 Å². The van der Waals surface area contributed by atoms with Crippen molar-refractivity contribution in [2.75, 3.05) is 6.61 Å². The first-order valence-corrected chi connectivity index (χ1v) is 3.43. The fourth-order valence-corrected chi connectivity index (χ4v) is 0.576. The van der Waals surface area contributed by atoms with Crippen molar-refractivity contribution >= 4 is 0 Å². The summed E-state index contributed by atoms with van der Waals surface area (Å²) in [6.45, 7) is 2.83. The second kappa shape index (κ2) is 7.70. The predicted molar refractivity (Wildman–Crippen MR) is 40.0 cm³/mol. The standard InChI is InChI=1S/C8H15O/c1-3-4-5-6-7-8-9-2/h6-7H,2-5,8H2,1H3/b7-6+. The van der Waals surface area contributed by atoms with E-state index in [9.17, 15) is 0 Å². The van der Waals surface area contributed by atoms with Crippen molar-refractivity contribution in [1.29, 1.82) is 0 Å². The summed E-state index contributed by atoms with van der Waals surface area (Å²) in [6.07, 6.45) is 7.83. The Morgan fingerprint density at radius 3 is 2.78 bits per heavy atom. The van der Waals surface area contributed by atoms with Gasteiger partial charge in [-0.15, -0.1) is 0 Å². The first-order valence-electron chi connectivity index (χ1n) is 3.43. The lowest BCUT2D eigenvalue weighted by Crippen LogP contribution is -1.77. The number of allylic oxidation sites excluding steroid dienone is 1. The van der Waals surface area contributed by atoms with Gasteiger partial charge in [-0.2, -0.15) is 0 Å². The van der Waals surface area contributed by atoms with Crippen LogP contribution < -0.4 is 0 Å². The molecule has 53 valence electrons. The summed E-state index contributed by atoms with van der Waals surface area (Å²) in [5.41, 5.74) is 0. The van der Waals surface area contributed by atoms with Gasteiger partial charge in [-0.05, 0) is 6.42 Å². The normalized spacial score (nSPS) is 10.9. The van der Waals surface area contributed by atoms with Gasteiger partial charge < -0.3 is 4.74 Å². The minimum atomic E-state index is 0.643. The third kappa shape index (κ3) is 7.70. The Morgan fingerprint density at radius 2 is 2.22 bits per heavy atom. The van der Waals surface area contributed by atoms with Crippen LogP contribution >= 0.6 is 0 Å². The zero-order chi connectivity index (χ0) is 6.95. The quantitative estimate of drug-likeness (QED) is 0.407. The Morgan fingerprint density at radius 1 is 1.44 bits per heavy atom. The zero-order valence-corrected chi connectivity index (χ0v) is 6.10. The maximum Gasteiger partial charge on any atom is 0.0704 e. The van der Waals surface area contributed by atoms with E-state index in [0.717, 1.165) is 0 Å². The fraction of sp³-hybridized carbons (Fsp3) is 0.625. The average molecular weight is 127 g/mol. The van der Waals surface area contributed by atoms with E-state index >= 15 is 0 Å². The monoisotopic (exact) mass is 127 g/mol. The van der Waals surface area contributed by atoms with Crippen LogP contribution in [0.3, 0.4) is 0 Å². The molecule has 0 saturated heterocycles. The van der Waals surface area contributed by atoms with Gasteiger partial charge in [0, 0.05) is 0 Å². The van der Waals surface area contributed by atoms with Crippen LogP contribution in [0.5, 0.6) is 0 Å². The molecule has 0 aromatic rings. The van der Waals surface area contributed by atoms with E-state index in [-0.39, 0.29) is 0 Å². The summed E-state index contributed by atoms with van der Waals surface area (Å²) in [5.74, 6) is 0. The molecule has 0 saturated carbocycles. The molecule has 0 unspecified atom stereocenters. The molecule has 1 heteroatoms. The molecular formula is C8H15O. The first kappa shape index (κ1) is 8.70. The molecule has 0 aromatic heterocycles. The Balaban J connectivity index is 2.86. The van der Waals surface area contributed by atoms with Gasteiger partial charge in [0.2, 0.25) is 0 Å². The summed E-state index contributed by atoms with van der Waals surface area (Å²) in [7, 11) is 3.25. The van der Waals surface area contributed by atoms with Crippen LogP contribution in [0.25, 0.3) is 0 Å². The van der Waals surface area contributed by atoms with Crippen molar-refractivity contribution < 1.29 is 4.74 Å². The van der Waals surface area contributed by atoms with Gasteiger partial charge in [0.05, 0.1) is 13.7 Å². The highest BCUT2D eigenvalue weighted by molar-refractivity contribution is 4.80. The number of hydrogen-bond acceptors (Lipinski definition) is 1. The highest BCUT2D eigenvalue weighted by Gasteiger charge is 1.76. The van der Waals surface area contributed by atoms with Crippen LogP contribution in [0.1, 0.15) is 26.2 Å². The van der Waals surface area contributed by atoms with E-state index in [1.54, 1.807) is 0 Å². The third-order valence-corrected chi connectivity index (χ3v) is 1.11. The second-order valence-corrected chi connectivity index (χ2v) is 1.98. The zero-order valence-electron chi connectivity index (χ0n) is 6.10. The largest absolute Gasteiger partial charge is 0.375 e. The van der Waals surface area contributed by atoms with Gasteiger partial charge in [-0.25, -0.2) is 0 Å². The van der Waals surface area contributed by atoms with E-state index < -0.39 is 0 Å². The number of hydrogen-bond donors (Lipinski definition) is 0. The Bertz CT molecular complexity index is 67.0. The molecule has 0 fully saturated rings. The lowest BCUT2D eigenvalue weighted by Gasteiger charge is -1.88. The molecule has 1 radical (unpaired) electrons. The molecule has 0 rings (SSSR count). The van der Waals surface area contributed by atoms with Gasteiger partial charge in [0.1, 0.15) is 0 Å². The summed E-state index contributed by atoms with van der Waals surface area (Å²) in [5, 5.41) is 0. The highest BCUT2D eigenvalue weighted by atomic mass is 16.5. The van der Waals surface area contributed by atoms with Crippen LogP contribution in [-0.4, -0.2) is 6.61 Å². The minimum absolute atomic E-state index is 0.643. The molecule has 0 aliphatic rings. The van der Waals surface area contributed by atoms with E-state index in [4.69, 9.17) is 0 Å². The van der Waals surface area contributed by atoms with E-state index in [0.29, 0.717) is 6.61 Å². The summed E-state index contributed by atoms with van der Waals surface area (Å²) in [6, 6.07) is 0. The van der Waals surface area contributed by atoms with E-state index in [2.05, 4.69) is 24.8 Å². The Kier molecular flexibility index (Phi) is 7.44. The molecule has 0 spiro atoms. The maximum atomic E-state index is 4.59. The van der Waals surface area contributed by atoms with E-state index in [1.807, 2.05) is 6.08 Å². The van der Waals surface area contributed by atoms with Crippen LogP contribution in [0, 0.1) is 7.11 Å². The molecule has 0 N–H and O–H groups in total. The maximum absolute atomic E-state index is 4.59. The second-order valence-electron chi connectivity index (χ2n) is 1.98. The SMILES string of the molecule is [CH2]OC/C=C/CCCC. The lowest BCUT2D eigenvalue weighted by molar-refractivity contribution is 0.281. The molecule has 1 nitrogen and oxygen atoms in total. The van der Waals surface area contributed by atoms with Crippen molar-refractivity contribution in [3.63, 3.8) is 0 Å². The van der Waals surface area contributed by atoms with Crippen molar-refractivity contribution in [1.82, 2.24) is 0 Å². The summed E-state index contributed by atoms with van der Waals surface area (Å²) < 4.78 is 4.59. The number of unbranched alkanes of at least 4 members (excludes halogenated alkanes) is 2. The van der Waals surface area contributed by atoms with Crippen molar-refractivity contribution in [3.8, 4) is 0 Å². The van der Waals surface area contributed by atoms with Crippen LogP contribution in [0.4, 0.5) is 0 Å². The van der Waals surface area contributed by atoms with Crippen molar-refractivity contribution in [2.24, 2.45) is 0 Å². The van der Waals surface area contributed by atoms with Gasteiger partial charge in [0.25, 0.3) is 0 Å². The Labute approximate surface area is 57.7 Å². The predicted octanol–water partition coefficient (Wildman–Crippen LogP) is 2.54. The number of rotatable bonds is 5. The smallest absolute Gasteiger partial charge is 0.0704 e. The summed E-state index contributed by atoms with van der Waals surface area (Å²) >= 11 is 0. The number of ether oxygens (including phenoxy) is 1. The van der Waals surface area contributed by atoms with E-state index in [1.165, 1.54) is 19.3 Å². The molecule has 0 aliphatic carbocycles. The van der Waals surface area contributed by atoms with Crippen LogP contribution in [-0.2, 0) is 4.74 Å². The third-order valence-electron chi connectivity index (χ3n) is 1.11. The van der Waals surface area contributed by atoms with Gasteiger partial charge in [-0.1, -0.05) is 31.9 Å². The highest BCUT2D eigenvalue weighted by Crippen LogP contribution is 1.94. The lowest BCUT2D eigenvalue weighted by atomic mass is 10.2. The molecule has 0 aromatic carbocycles. The van der Waals surface area contributed by atoms with Crippen LogP contribution in [0.15, 0.2) is 12.2 Å². The minimum Gasteiger partial charge on any atom is -0.375 e. The molecule has 9 heavy (non-hydrogen) atoms. The fourth-order valence-electron chi connectivity index (χ4n) is 0.576. The van der Waals surface area contributed by atoms with Crippen LogP contribution in [0.2, 0.25) is 0 Å².